The van der Waals surface area contributed by atoms with E-state index in [4.69, 9.17) is 9.26 Å². The van der Waals surface area contributed by atoms with E-state index >= 15 is 0 Å². The summed E-state index contributed by atoms with van der Waals surface area (Å²) in [6.45, 7) is 3.03. The lowest BCUT2D eigenvalue weighted by molar-refractivity contribution is 0.0537. The van der Waals surface area contributed by atoms with Crippen molar-refractivity contribution in [3.63, 3.8) is 0 Å². The lowest BCUT2D eigenvalue weighted by Crippen LogP contribution is -2.41. The number of hydrogen-bond donors (Lipinski definition) is 0. The zero-order chi connectivity index (χ0) is 17.4. The molecule has 0 saturated carbocycles. The molecule has 7 nitrogen and oxygen atoms in total. The molecule has 2 aromatic heterocycles. The van der Waals surface area contributed by atoms with Crippen molar-refractivity contribution in [1.29, 1.82) is 0 Å². The number of hydrogen-bond acceptors (Lipinski definition) is 5. The highest BCUT2D eigenvalue weighted by molar-refractivity contribution is 5.91. The number of fused-ring (bicyclic) bond motifs is 1. The summed E-state index contributed by atoms with van der Waals surface area (Å²) in [6, 6.07) is 9.15. The Morgan fingerprint density at radius 2 is 2.16 bits per heavy atom. The summed E-state index contributed by atoms with van der Waals surface area (Å²) < 4.78 is 12.7. The van der Waals surface area contributed by atoms with Crippen molar-refractivity contribution in [2.75, 3.05) is 7.11 Å². The first-order chi connectivity index (χ1) is 12.2. The Hall–Kier alpha value is -3.09. The van der Waals surface area contributed by atoms with Gasteiger partial charge in [-0.25, -0.2) is 4.98 Å². The van der Waals surface area contributed by atoms with Crippen LogP contribution in [0.2, 0.25) is 0 Å². The predicted octanol–water partition coefficient (Wildman–Crippen LogP) is 2.59. The van der Waals surface area contributed by atoms with Gasteiger partial charge in [-0.1, -0.05) is 23.4 Å². The summed E-state index contributed by atoms with van der Waals surface area (Å²) in [5, 5.41) is 3.65. The largest absolute Gasteiger partial charge is 0.496 e. The monoisotopic (exact) mass is 338 g/mol. The minimum absolute atomic E-state index is 0.186. The first kappa shape index (κ1) is 15.4. The summed E-state index contributed by atoms with van der Waals surface area (Å²) >= 11 is 0. The van der Waals surface area contributed by atoms with Gasteiger partial charge in [0.05, 0.1) is 25.9 Å². The Morgan fingerprint density at radius 1 is 1.32 bits per heavy atom. The fourth-order valence-electron chi connectivity index (χ4n) is 3.31. The Kier molecular flexibility index (Phi) is 3.76. The SMILES string of the molecule is COc1ccccc1[C@H]1Cn2c(C)cnc2CN1C(=O)c1ccno1. The number of carbonyl (C=O) groups is 1. The van der Waals surface area contributed by atoms with Crippen molar-refractivity contribution in [1.82, 2.24) is 19.6 Å². The van der Waals surface area contributed by atoms with Crippen LogP contribution in [0.4, 0.5) is 0 Å². The maximum absolute atomic E-state index is 13.0. The number of nitrogens with zero attached hydrogens (tertiary/aromatic N) is 4. The van der Waals surface area contributed by atoms with Crippen molar-refractivity contribution in [2.45, 2.75) is 26.1 Å². The first-order valence-corrected chi connectivity index (χ1v) is 8.04. The van der Waals surface area contributed by atoms with E-state index in [1.165, 1.54) is 6.20 Å². The Morgan fingerprint density at radius 3 is 2.92 bits per heavy atom. The van der Waals surface area contributed by atoms with Crippen molar-refractivity contribution in [3.05, 3.63) is 65.6 Å². The molecule has 0 bridgehead atoms. The molecule has 1 amide bonds. The third-order valence-corrected chi connectivity index (χ3v) is 4.59. The first-order valence-electron chi connectivity index (χ1n) is 8.04. The minimum Gasteiger partial charge on any atom is -0.496 e. The molecule has 0 aliphatic carbocycles. The summed E-state index contributed by atoms with van der Waals surface area (Å²) in [5.74, 6) is 1.62. The summed E-state index contributed by atoms with van der Waals surface area (Å²) in [5.41, 5.74) is 2.03. The number of para-hydroxylation sites is 1. The van der Waals surface area contributed by atoms with E-state index in [1.54, 1.807) is 18.1 Å². The van der Waals surface area contributed by atoms with E-state index in [0.717, 1.165) is 22.8 Å². The average molecular weight is 338 g/mol. The normalized spacial score (nSPS) is 16.6. The van der Waals surface area contributed by atoms with Gasteiger partial charge in [0, 0.05) is 30.1 Å². The molecule has 128 valence electrons. The molecule has 1 atom stereocenters. The molecule has 0 saturated heterocycles. The van der Waals surface area contributed by atoms with Crippen LogP contribution in [0.3, 0.4) is 0 Å². The molecule has 0 fully saturated rings. The molecular formula is C18H18N4O3. The van der Waals surface area contributed by atoms with Crippen LogP contribution < -0.4 is 4.74 Å². The number of aryl methyl sites for hydroxylation is 1. The van der Waals surface area contributed by atoms with Gasteiger partial charge in [-0.05, 0) is 13.0 Å². The molecule has 7 heteroatoms. The second-order valence-corrected chi connectivity index (χ2v) is 5.99. The van der Waals surface area contributed by atoms with Gasteiger partial charge in [0.15, 0.2) is 0 Å². The molecule has 4 rings (SSSR count). The molecule has 0 N–H and O–H groups in total. The molecular weight excluding hydrogens is 320 g/mol. The van der Waals surface area contributed by atoms with Gasteiger partial charge in [-0.2, -0.15) is 0 Å². The number of aromatic nitrogens is 3. The van der Waals surface area contributed by atoms with Crippen LogP contribution in [0, 0.1) is 6.92 Å². The number of rotatable bonds is 3. The second-order valence-electron chi connectivity index (χ2n) is 5.99. The van der Waals surface area contributed by atoms with Gasteiger partial charge in [-0.15, -0.1) is 0 Å². The van der Waals surface area contributed by atoms with Crippen LogP contribution in [0.5, 0.6) is 5.75 Å². The third-order valence-electron chi connectivity index (χ3n) is 4.59. The highest BCUT2D eigenvalue weighted by atomic mass is 16.5. The number of methoxy groups -OCH3 is 1. The van der Waals surface area contributed by atoms with Gasteiger partial charge in [0.25, 0.3) is 5.91 Å². The van der Waals surface area contributed by atoms with E-state index in [9.17, 15) is 4.79 Å². The van der Waals surface area contributed by atoms with Crippen molar-refractivity contribution >= 4 is 5.91 Å². The summed E-state index contributed by atoms with van der Waals surface area (Å²) in [6.07, 6.45) is 3.30. The maximum atomic E-state index is 13.0. The maximum Gasteiger partial charge on any atom is 0.293 e. The number of benzene rings is 1. The number of carbonyl (C=O) groups excluding carboxylic acids is 1. The van der Waals surface area contributed by atoms with Crippen LogP contribution in [-0.2, 0) is 13.1 Å². The molecule has 0 unspecified atom stereocenters. The standard InChI is InChI=1S/C18H18N4O3/c1-12-9-19-17-11-22(18(23)16-7-8-20-25-16)14(10-21(12)17)13-5-3-4-6-15(13)24-2/h3-9,14H,10-11H2,1-2H3/t14-/m1/s1. The predicted molar refractivity (Wildman–Crippen MR) is 89.1 cm³/mol. The lowest BCUT2D eigenvalue weighted by atomic mass is 10.0. The minimum atomic E-state index is -0.208. The summed E-state index contributed by atoms with van der Waals surface area (Å²) in [7, 11) is 1.64. The highest BCUT2D eigenvalue weighted by Crippen LogP contribution is 2.35. The van der Waals surface area contributed by atoms with Crippen LogP contribution >= 0.6 is 0 Å². The Labute approximate surface area is 144 Å². The van der Waals surface area contributed by atoms with E-state index in [-0.39, 0.29) is 17.7 Å². The zero-order valence-corrected chi connectivity index (χ0v) is 14.0. The number of amides is 1. The Balaban J connectivity index is 1.80. The van der Waals surface area contributed by atoms with Gasteiger partial charge in [-0.3, -0.25) is 4.79 Å². The highest BCUT2D eigenvalue weighted by Gasteiger charge is 2.35. The molecule has 0 spiro atoms. The quantitative estimate of drug-likeness (QED) is 0.734. The smallest absolute Gasteiger partial charge is 0.293 e. The molecule has 25 heavy (non-hydrogen) atoms. The number of ether oxygens (including phenoxy) is 1. The van der Waals surface area contributed by atoms with Gasteiger partial charge >= 0.3 is 0 Å². The van der Waals surface area contributed by atoms with Crippen molar-refractivity contribution in [2.24, 2.45) is 0 Å². The van der Waals surface area contributed by atoms with Crippen LogP contribution in [-0.4, -0.2) is 32.6 Å². The summed E-state index contributed by atoms with van der Waals surface area (Å²) in [4.78, 5) is 19.2. The van der Waals surface area contributed by atoms with Crippen LogP contribution in [0.1, 0.15) is 33.7 Å². The zero-order valence-electron chi connectivity index (χ0n) is 14.0. The number of imidazole rings is 1. The molecule has 3 aromatic rings. The lowest BCUT2D eigenvalue weighted by Gasteiger charge is -2.36. The Bertz CT molecular complexity index is 901. The van der Waals surface area contributed by atoms with E-state index in [1.807, 2.05) is 37.4 Å². The average Bonchev–Trinajstić information content (AvgIpc) is 3.30. The molecule has 1 aromatic carbocycles. The molecule has 3 heterocycles. The molecule has 0 radical (unpaired) electrons. The van der Waals surface area contributed by atoms with E-state index in [0.29, 0.717) is 13.1 Å². The molecule has 1 aliphatic rings. The topological polar surface area (TPSA) is 73.4 Å². The molecule has 1 aliphatic heterocycles. The second kappa shape index (κ2) is 6.08. The van der Waals surface area contributed by atoms with Gasteiger partial charge in [0.2, 0.25) is 5.76 Å². The third kappa shape index (κ3) is 2.57. The van der Waals surface area contributed by atoms with Crippen molar-refractivity contribution in [3.8, 4) is 5.75 Å². The van der Waals surface area contributed by atoms with Crippen LogP contribution in [0.25, 0.3) is 0 Å². The van der Waals surface area contributed by atoms with E-state index < -0.39 is 0 Å². The van der Waals surface area contributed by atoms with Gasteiger partial charge < -0.3 is 18.7 Å². The van der Waals surface area contributed by atoms with Gasteiger partial charge in [0.1, 0.15) is 11.6 Å². The fourth-order valence-corrected chi connectivity index (χ4v) is 3.31. The van der Waals surface area contributed by atoms with Crippen LogP contribution in [0.15, 0.2) is 47.2 Å². The van der Waals surface area contributed by atoms with E-state index in [2.05, 4.69) is 14.7 Å². The van der Waals surface area contributed by atoms with Crippen molar-refractivity contribution < 1.29 is 14.1 Å². The fraction of sp³-hybridized carbons (Fsp3) is 0.278.